The van der Waals surface area contributed by atoms with Gasteiger partial charge in [-0.1, -0.05) is 30.3 Å². The molecule has 7 nitrogen and oxygen atoms in total. The van der Waals surface area contributed by atoms with Crippen LogP contribution in [0.4, 0.5) is 14.5 Å². The number of sulfonamides is 1. The Hall–Kier alpha value is -3.66. The van der Waals surface area contributed by atoms with Crippen molar-refractivity contribution < 1.29 is 31.5 Å². The fourth-order valence-corrected chi connectivity index (χ4v) is 4.27. The topological polar surface area (TPSA) is 84.9 Å². The number of carbonyl (C=O) groups excluding carboxylic acids is 1. The smallest absolute Gasteiger partial charge is 0.387 e. The summed E-state index contributed by atoms with van der Waals surface area (Å²) in [4.78, 5) is 12.6. The maximum atomic E-state index is 13.0. The van der Waals surface area contributed by atoms with E-state index in [-0.39, 0.29) is 28.5 Å². The zero-order valence-corrected chi connectivity index (χ0v) is 18.7. The summed E-state index contributed by atoms with van der Waals surface area (Å²) in [6.07, 6.45) is 0. The van der Waals surface area contributed by atoms with E-state index in [9.17, 15) is 22.0 Å². The second-order valence-electron chi connectivity index (χ2n) is 6.88. The number of alkyl halides is 2. The Morgan fingerprint density at radius 2 is 1.73 bits per heavy atom. The first-order chi connectivity index (χ1) is 15.7. The summed E-state index contributed by atoms with van der Waals surface area (Å²) in [5, 5.41) is 2.67. The van der Waals surface area contributed by atoms with Crippen molar-refractivity contribution in [3.63, 3.8) is 0 Å². The van der Waals surface area contributed by atoms with Crippen LogP contribution in [0.2, 0.25) is 0 Å². The number of halogens is 2. The number of hydrogen-bond acceptors (Lipinski definition) is 5. The molecule has 0 saturated carbocycles. The third-order valence-corrected chi connectivity index (χ3v) is 6.55. The van der Waals surface area contributed by atoms with Crippen molar-refractivity contribution in [3.8, 4) is 11.5 Å². The summed E-state index contributed by atoms with van der Waals surface area (Å²) < 4.78 is 61.4. The van der Waals surface area contributed by atoms with Gasteiger partial charge in [-0.25, -0.2) is 8.42 Å². The number of nitrogens with one attached hydrogen (secondary N) is 1. The average Bonchev–Trinajstić information content (AvgIpc) is 2.83. The molecule has 0 bridgehead atoms. The standard InChI is InChI=1S/C23H22F2N2O5S/c1-27(18-8-4-3-5-9-18)33(29,30)19-10-6-7-17(14-19)22(28)26-15-16-11-12-20(32-23(24)25)21(13-16)31-2/h3-14,23H,15H2,1-2H3,(H,26,28). The van der Waals surface area contributed by atoms with Crippen LogP contribution in [0, 0.1) is 0 Å². The van der Waals surface area contributed by atoms with Gasteiger partial charge < -0.3 is 14.8 Å². The summed E-state index contributed by atoms with van der Waals surface area (Å²) >= 11 is 0. The van der Waals surface area contributed by atoms with E-state index >= 15 is 0 Å². The highest BCUT2D eigenvalue weighted by Gasteiger charge is 2.22. The molecular weight excluding hydrogens is 454 g/mol. The van der Waals surface area contributed by atoms with Crippen LogP contribution in [0.3, 0.4) is 0 Å². The van der Waals surface area contributed by atoms with Crippen molar-refractivity contribution in [2.75, 3.05) is 18.5 Å². The Labute approximate surface area is 190 Å². The Morgan fingerprint density at radius 3 is 2.39 bits per heavy atom. The first-order valence-electron chi connectivity index (χ1n) is 9.76. The van der Waals surface area contributed by atoms with Gasteiger partial charge in [0.05, 0.1) is 17.7 Å². The lowest BCUT2D eigenvalue weighted by Crippen LogP contribution is -2.27. The second kappa shape index (κ2) is 10.3. The number of ether oxygens (including phenoxy) is 2. The van der Waals surface area contributed by atoms with Crippen molar-refractivity contribution in [1.82, 2.24) is 5.32 Å². The number of nitrogens with zero attached hydrogens (tertiary/aromatic N) is 1. The molecule has 0 atom stereocenters. The maximum absolute atomic E-state index is 13.0. The fraction of sp³-hybridized carbons (Fsp3) is 0.174. The van der Waals surface area contributed by atoms with Crippen LogP contribution in [0.25, 0.3) is 0 Å². The van der Waals surface area contributed by atoms with Crippen LogP contribution in [-0.2, 0) is 16.6 Å². The van der Waals surface area contributed by atoms with Gasteiger partial charge >= 0.3 is 6.61 Å². The van der Waals surface area contributed by atoms with Crippen LogP contribution >= 0.6 is 0 Å². The Kier molecular flexibility index (Phi) is 7.49. The minimum absolute atomic E-state index is 0.0309. The highest BCUT2D eigenvalue weighted by Crippen LogP contribution is 2.29. The molecule has 0 fully saturated rings. The summed E-state index contributed by atoms with van der Waals surface area (Å²) in [6, 6.07) is 18.6. The van der Waals surface area contributed by atoms with Crippen LogP contribution in [-0.4, -0.2) is 35.1 Å². The Bertz CT molecular complexity index is 1220. The minimum atomic E-state index is -3.88. The SMILES string of the molecule is COc1cc(CNC(=O)c2cccc(S(=O)(=O)N(C)c3ccccc3)c2)ccc1OC(F)F. The van der Waals surface area contributed by atoms with Crippen molar-refractivity contribution >= 4 is 21.6 Å². The van der Waals surface area contributed by atoms with Crippen molar-refractivity contribution in [3.05, 3.63) is 83.9 Å². The van der Waals surface area contributed by atoms with E-state index in [0.717, 1.165) is 4.31 Å². The number of rotatable bonds is 9. The van der Waals surface area contributed by atoms with Gasteiger partial charge in [0.1, 0.15) is 0 Å². The van der Waals surface area contributed by atoms with Crippen LogP contribution in [0.1, 0.15) is 15.9 Å². The molecule has 0 aliphatic rings. The molecule has 0 saturated heterocycles. The van der Waals surface area contributed by atoms with Gasteiger partial charge in [-0.05, 0) is 48.0 Å². The number of para-hydroxylation sites is 1. The molecule has 0 spiro atoms. The molecule has 174 valence electrons. The molecule has 0 aromatic heterocycles. The highest BCUT2D eigenvalue weighted by atomic mass is 32.2. The molecule has 3 aromatic rings. The zero-order valence-electron chi connectivity index (χ0n) is 17.9. The number of carbonyl (C=O) groups is 1. The largest absolute Gasteiger partial charge is 0.493 e. The molecule has 1 N–H and O–H groups in total. The van der Waals surface area contributed by atoms with Gasteiger partial charge in [-0.15, -0.1) is 0 Å². The molecule has 10 heteroatoms. The molecule has 0 aliphatic heterocycles. The lowest BCUT2D eigenvalue weighted by Gasteiger charge is -2.19. The summed E-state index contributed by atoms with van der Waals surface area (Å²) in [5.41, 5.74) is 1.22. The monoisotopic (exact) mass is 476 g/mol. The summed E-state index contributed by atoms with van der Waals surface area (Å²) in [7, 11) is -1.13. The average molecular weight is 477 g/mol. The lowest BCUT2D eigenvalue weighted by molar-refractivity contribution is -0.0512. The van der Waals surface area contributed by atoms with Gasteiger partial charge in [0.15, 0.2) is 11.5 Å². The van der Waals surface area contributed by atoms with E-state index in [0.29, 0.717) is 11.3 Å². The Morgan fingerprint density at radius 1 is 1.00 bits per heavy atom. The quantitative estimate of drug-likeness (QED) is 0.504. The molecule has 0 heterocycles. The van der Waals surface area contributed by atoms with E-state index < -0.39 is 22.5 Å². The van der Waals surface area contributed by atoms with Gasteiger partial charge in [-0.2, -0.15) is 8.78 Å². The van der Waals surface area contributed by atoms with Crippen molar-refractivity contribution in [2.45, 2.75) is 18.1 Å². The predicted octanol–water partition coefficient (Wildman–Crippen LogP) is 4.05. The zero-order chi connectivity index (χ0) is 24.0. The van der Waals surface area contributed by atoms with Crippen LogP contribution < -0.4 is 19.1 Å². The van der Waals surface area contributed by atoms with E-state index in [2.05, 4.69) is 10.1 Å². The molecule has 0 radical (unpaired) electrons. The van der Waals surface area contributed by atoms with Crippen molar-refractivity contribution in [1.29, 1.82) is 0 Å². The van der Waals surface area contributed by atoms with Crippen LogP contribution in [0.5, 0.6) is 11.5 Å². The van der Waals surface area contributed by atoms with E-state index in [1.807, 2.05) is 0 Å². The molecule has 1 amide bonds. The fourth-order valence-electron chi connectivity index (χ4n) is 3.03. The van der Waals surface area contributed by atoms with E-state index in [1.165, 1.54) is 56.6 Å². The van der Waals surface area contributed by atoms with Crippen molar-refractivity contribution in [2.24, 2.45) is 0 Å². The molecule has 3 rings (SSSR count). The number of methoxy groups -OCH3 is 1. The third-order valence-electron chi connectivity index (χ3n) is 4.77. The van der Waals surface area contributed by atoms with E-state index in [1.54, 1.807) is 30.3 Å². The second-order valence-corrected chi connectivity index (χ2v) is 8.85. The van der Waals surface area contributed by atoms with Gasteiger partial charge in [0.25, 0.3) is 15.9 Å². The molecule has 0 aliphatic carbocycles. The maximum Gasteiger partial charge on any atom is 0.387 e. The normalized spacial score (nSPS) is 11.2. The molecular formula is C23H22F2N2O5S. The van der Waals surface area contributed by atoms with Gasteiger partial charge in [0, 0.05) is 19.2 Å². The number of benzene rings is 3. The predicted molar refractivity (Wildman–Crippen MR) is 119 cm³/mol. The first kappa shape index (κ1) is 24.0. The summed E-state index contributed by atoms with van der Waals surface area (Å²) in [6.45, 7) is -2.93. The first-order valence-corrected chi connectivity index (χ1v) is 11.2. The van der Waals surface area contributed by atoms with Gasteiger partial charge in [-0.3, -0.25) is 9.10 Å². The van der Waals surface area contributed by atoms with E-state index in [4.69, 9.17) is 4.74 Å². The number of hydrogen-bond donors (Lipinski definition) is 1. The number of amides is 1. The highest BCUT2D eigenvalue weighted by molar-refractivity contribution is 7.92. The number of anilines is 1. The molecule has 0 unspecified atom stereocenters. The third kappa shape index (κ3) is 5.78. The lowest BCUT2D eigenvalue weighted by atomic mass is 10.1. The van der Waals surface area contributed by atoms with Gasteiger partial charge in [0.2, 0.25) is 0 Å². The molecule has 33 heavy (non-hydrogen) atoms. The van der Waals surface area contributed by atoms with Crippen LogP contribution in [0.15, 0.2) is 77.7 Å². The summed E-state index contributed by atoms with van der Waals surface area (Å²) in [5.74, 6) is -0.525. The Balaban J connectivity index is 1.74. The molecule has 3 aromatic carbocycles. The minimum Gasteiger partial charge on any atom is -0.493 e.